The number of hydrogen-bond donors (Lipinski definition) is 2. The van der Waals surface area contributed by atoms with Gasteiger partial charge in [0, 0.05) is 5.39 Å². The minimum absolute atomic E-state index is 0.118. The van der Waals surface area contributed by atoms with E-state index in [1.54, 1.807) is 12.1 Å². The van der Waals surface area contributed by atoms with Gasteiger partial charge in [0.25, 0.3) is 0 Å². The number of nitrogens with zero attached hydrogens (tertiary/aromatic N) is 2. The van der Waals surface area contributed by atoms with Gasteiger partial charge in [-0.1, -0.05) is 17.3 Å². The normalized spacial score (nSPS) is 11.4. The van der Waals surface area contributed by atoms with Gasteiger partial charge >= 0.3 is 0 Å². The topological polar surface area (TPSA) is 74.9 Å². The molecule has 4 aromatic rings. The number of aromatic amines is 1. The Labute approximate surface area is 113 Å². The summed E-state index contributed by atoms with van der Waals surface area (Å²) in [5.74, 6) is 0.693. The third-order valence-corrected chi connectivity index (χ3v) is 3.43. The molecule has 0 saturated heterocycles. The molecule has 2 N–H and O–H groups in total. The first kappa shape index (κ1) is 11.0. The standard InChI is InChI=1S/C15H11N3O2/c1-8-9-6-7-12(19)13(14(9)20-18-8)15-16-10-4-2-3-5-11(10)17-15/h2-7,19H,1H3,(H,16,17). The van der Waals surface area contributed by atoms with Crippen molar-refractivity contribution in [1.82, 2.24) is 15.1 Å². The molecular formula is C15H11N3O2. The summed E-state index contributed by atoms with van der Waals surface area (Å²) in [6.45, 7) is 1.87. The van der Waals surface area contributed by atoms with E-state index in [0.717, 1.165) is 22.1 Å². The molecule has 5 nitrogen and oxygen atoms in total. The van der Waals surface area contributed by atoms with E-state index in [9.17, 15) is 5.11 Å². The number of phenolic OH excluding ortho intramolecular Hbond substituents is 1. The van der Waals surface area contributed by atoms with Gasteiger partial charge in [0.15, 0.2) is 5.58 Å². The van der Waals surface area contributed by atoms with E-state index in [1.807, 2.05) is 31.2 Å². The summed E-state index contributed by atoms with van der Waals surface area (Å²) in [5, 5.41) is 15.0. The van der Waals surface area contributed by atoms with Crippen LogP contribution in [0.2, 0.25) is 0 Å². The molecule has 0 aliphatic rings. The van der Waals surface area contributed by atoms with Crippen LogP contribution in [0.5, 0.6) is 5.75 Å². The molecule has 5 heteroatoms. The van der Waals surface area contributed by atoms with Crippen molar-refractivity contribution in [3.8, 4) is 17.1 Å². The van der Waals surface area contributed by atoms with Crippen LogP contribution in [-0.2, 0) is 0 Å². The lowest BCUT2D eigenvalue weighted by molar-refractivity contribution is 0.445. The summed E-state index contributed by atoms with van der Waals surface area (Å²) in [7, 11) is 0. The van der Waals surface area contributed by atoms with Gasteiger partial charge in [-0.15, -0.1) is 0 Å². The van der Waals surface area contributed by atoms with Crippen LogP contribution in [0, 0.1) is 6.92 Å². The molecular weight excluding hydrogens is 254 g/mol. The lowest BCUT2D eigenvalue weighted by Crippen LogP contribution is -1.83. The second-order valence-electron chi connectivity index (χ2n) is 4.71. The third kappa shape index (κ3) is 1.43. The van der Waals surface area contributed by atoms with Crippen LogP contribution in [0.4, 0.5) is 0 Å². The zero-order chi connectivity index (χ0) is 13.7. The minimum Gasteiger partial charge on any atom is -0.507 e. The van der Waals surface area contributed by atoms with Gasteiger partial charge in [-0.25, -0.2) is 4.98 Å². The Morgan fingerprint density at radius 1 is 1.15 bits per heavy atom. The quantitative estimate of drug-likeness (QED) is 0.553. The van der Waals surface area contributed by atoms with E-state index in [2.05, 4.69) is 15.1 Å². The molecule has 0 aliphatic carbocycles. The van der Waals surface area contributed by atoms with E-state index in [-0.39, 0.29) is 5.75 Å². The van der Waals surface area contributed by atoms with Crippen LogP contribution in [0.1, 0.15) is 5.69 Å². The number of hydrogen-bond acceptors (Lipinski definition) is 4. The van der Waals surface area contributed by atoms with Crippen molar-refractivity contribution in [2.75, 3.05) is 0 Å². The number of aromatic hydroxyl groups is 1. The van der Waals surface area contributed by atoms with Gasteiger partial charge in [-0.3, -0.25) is 0 Å². The molecule has 0 radical (unpaired) electrons. The Hall–Kier alpha value is -2.82. The highest BCUT2D eigenvalue weighted by atomic mass is 16.5. The van der Waals surface area contributed by atoms with Crippen molar-refractivity contribution in [3.63, 3.8) is 0 Å². The summed E-state index contributed by atoms with van der Waals surface area (Å²) in [6.07, 6.45) is 0. The van der Waals surface area contributed by atoms with Gasteiger partial charge in [-0.2, -0.15) is 0 Å². The molecule has 0 saturated carbocycles. The molecule has 0 unspecified atom stereocenters. The maximum atomic E-state index is 10.1. The highest BCUT2D eigenvalue weighted by Gasteiger charge is 2.18. The molecule has 2 aromatic heterocycles. The van der Waals surface area contributed by atoms with Crippen molar-refractivity contribution in [1.29, 1.82) is 0 Å². The molecule has 98 valence electrons. The van der Waals surface area contributed by atoms with Crippen molar-refractivity contribution in [2.24, 2.45) is 0 Å². The molecule has 4 rings (SSSR count). The highest BCUT2D eigenvalue weighted by Crippen LogP contribution is 2.36. The van der Waals surface area contributed by atoms with Crippen LogP contribution >= 0.6 is 0 Å². The maximum absolute atomic E-state index is 10.1. The Bertz CT molecular complexity index is 904. The summed E-state index contributed by atoms with van der Waals surface area (Å²) < 4.78 is 5.34. The largest absolute Gasteiger partial charge is 0.507 e. The fraction of sp³-hybridized carbons (Fsp3) is 0.0667. The second-order valence-corrected chi connectivity index (χ2v) is 4.71. The third-order valence-electron chi connectivity index (χ3n) is 3.43. The lowest BCUT2D eigenvalue weighted by atomic mass is 10.1. The number of rotatable bonds is 1. The maximum Gasteiger partial charge on any atom is 0.181 e. The van der Waals surface area contributed by atoms with Crippen molar-refractivity contribution < 1.29 is 9.63 Å². The van der Waals surface area contributed by atoms with E-state index < -0.39 is 0 Å². The molecule has 0 aliphatic heterocycles. The number of para-hydroxylation sites is 2. The monoisotopic (exact) mass is 265 g/mol. The predicted octanol–water partition coefficient (Wildman–Crippen LogP) is 3.39. The zero-order valence-electron chi connectivity index (χ0n) is 10.7. The summed E-state index contributed by atoms with van der Waals surface area (Å²) >= 11 is 0. The van der Waals surface area contributed by atoms with Gasteiger partial charge in [0.05, 0.1) is 16.7 Å². The highest BCUT2D eigenvalue weighted by molar-refractivity contribution is 5.96. The fourth-order valence-electron chi connectivity index (χ4n) is 2.42. The fourth-order valence-corrected chi connectivity index (χ4v) is 2.42. The van der Waals surface area contributed by atoms with Crippen LogP contribution in [-0.4, -0.2) is 20.2 Å². The van der Waals surface area contributed by atoms with Gasteiger partial charge in [-0.05, 0) is 31.2 Å². The molecule has 0 atom stereocenters. The average Bonchev–Trinajstić information content (AvgIpc) is 3.02. The Balaban J connectivity index is 2.08. The van der Waals surface area contributed by atoms with Crippen molar-refractivity contribution in [3.05, 3.63) is 42.1 Å². The number of fused-ring (bicyclic) bond motifs is 2. The SMILES string of the molecule is Cc1noc2c(-c3nc4ccccc4[nH]3)c(O)ccc12. The van der Waals surface area contributed by atoms with Crippen LogP contribution in [0.3, 0.4) is 0 Å². The number of aryl methyl sites for hydroxylation is 1. The first-order valence-corrected chi connectivity index (χ1v) is 6.27. The Kier molecular flexibility index (Phi) is 2.12. The number of phenols is 1. The number of H-pyrrole nitrogens is 1. The molecule has 0 spiro atoms. The van der Waals surface area contributed by atoms with E-state index in [4.69, 9.17) is 4.52 Å². The van der Waals surface area contributed by atoms with Crippen LogP contribution < -0.4 is 0 Å². The van der Waals surface area contributed by atoms with Crippen molar-refractivity contribution in [2.45, 2.75) is 6.92 Å². The Morgan fingerprint density at radius 2 is 2.00 bits per heavy atom. The zero-order valence-corrected chi connectivity index (χ0v) is 10.7. The second kappa shape index (κ2) is 3.84. The summed E-state index contributed by atoms with van der Waals surface area (Å²) in [5.41, 5.74) is 3.63. The lowest BCUT2D eigenvalue weighted by Gasteiger charge is -2.01. The summed E-state index contributed by atoms with van der Waals surface area (Å²) in [6, 6.07) is 11.1. The summed E-state index contributed by atoms with van der Waals surface area (Å²) in [4.78, 5) is 7.70. The van der Waals surface area contributed by atoms with Gasteiger partial charge in [0.1, 0.15) is 17.1 Å². The van der Waals surface area contributed by atoms with Gasteiger partial charge < -0.3 is 14.6 Å². The number of aromatic nitrogens is 3. The molecule has 0 amide bonds. The van der Waals surface area contributed by atoms with Crippen LogP contribution in [0.15, 0.2) is 40.9 Å². The molecule has 0 bridgehead atoms. The molecule has 0 fully saturated rings. The first-order chi connectivity index (χ1) is 9.74. The van der Waals surface area contributed by atoms with Crippen molar-refractivity contribution >= 4 is 22.0 Å². The van der Waals surface area contributed by atoms with E-state index in [1.165, 1.54) is 0 Å². The van der Waals surface area contributed by atoms with Gasteiger partial charge in [0.2, 0.25) is 0 Å². The number of nitrogens with one attached hydrogen (secondary N) is 1. The van der Waals surface area contributed by atoms with E-state index in [0.29, 0.717) is 17.0 Å². The average molecular weight is 265 g/mol. The molecule has 2 heterocycles. The number of benzene rings is 2. The first-order valence-electron chi connectivity index (χ1n) is 6.27. The smallest absolute Gasteiger partial charge is 0.181 e. The number of imidazole rings is 1. The molecule has 20 heavy (non-hydrogen) atoms. The van der Waals surface area contributed by atoms with E-state index >= 15 is 0 Å². The predicted molar refractivity (Wildman–Crippen MR) is 75.5 cm³/mol. The van der Waals surface area contributed by atoms with Crippen LogP contribution in [0.25, 0.3) is 33.4 Å². The molecule has 2 aromatic carbocycles. The Morgan fingerprint density at radius 3 is 2.85 bits per heavy atom. The minimum atomic E-state index is 0.118.